The zero-order valence-electron chi connectivity index (χ0n) is 22.7. The van der Waals surface area contributed by atoms with Crippen LogP contribution in [0.4, 0.5) is 0 Å². The summed E-state index contributed by atoms with van der Waals surface area (Å²) in [7, 11) is 0. The predicted octanol–water partition coefficient (Wildman–Crippen LogP) is 6.49. The van der Waals surface area contributed by atoms with Crippen LogP contribution in [0.25, 0.3) is 0 Å². The molecule has 2 N–H and O–H groups in total. The number of hydrogen-bond acceptors (Lipinski definition) is 5. The molecule has 0 bridgehead atoms. The van der Waals surface area contributed by atoms with E-state index in [2.05, 4.69) is 78.1 Å². The maximum absolute atomic E-state index is 9.01. The number of aliphatic hydroxyl groups is 1. The largest absolute Gasteiger partial charge is 0.493 e. The standard InChI is InChI=1S/C34H37NO4/c1-3-37-32-24-30(39-23-15-14-22-36)25-33(38-4-2)31(32)26-35-34(27-16-8-5-9-17-27,28-18-10-6-11-19-28)29-20-12-7-13-21-29/h5-21,24-25,35-36H,3-4,22-23,26H2,1-2H3/b15-14+. The highest BCUT2D eigenvalue weighted by molar-refractivity contribution is 5.53. The number of rotatable bonds is 14. The first-order valence-electron chi connectivity index (χ1n) is 13.5. The lowest BCUT2D eigenvalue weighted by Crippen LogP contribution is -2.44. The Morgan fingerprint density at radius 3 is 1.54 bits per heavy atom. The molecule has 0 atom stereocenters. The van der Waals surface area contributed by atoms with E-state index in [0.29, 0.717) is 43.6 Å². The van der Waals surface area contributed by atoms with Crippen LogP contribution in [0.5, 0.6) is 17.2 Å². The van der Waals surface area contributed by atoms with Gasteiger partial charge in [0.1, 0.15) is 23.9 Å². The van der Waals surface area contributed by atoms with Gasteiger partial charge in [-0.2, -0.15) is 0 Å². The van der Waals surface area contributed by atoms with Gasteiger partial charge in [-0.05, 0) is 36.6 Å². The lowest BCUT2D eigenvalue weighted by Gasteiger charge is -2.37. The average molecular weight is 524 g/mol. The van der Waals surface area contributed by atoms with E-state index in [1.54, 1.807) is 12.2 Å². The lowest BCUT2D eigenvalue weighted by atomic mass is 9.77. The van der Waals surface area contributed by atoms with Gasteiger partial charge in [0, 0.05) is 18.7 Å². The van der Waals surface area contributed by atoms with E-state index in [9.17, 15) is 0 Å². The Hall–Kier alpha value is -4.06. The summed E-state index contributed by atoms with van der Waals surface area (Å²) in [5, 5.41) is 12.9. The minimum atomic E-state index is -0.624. The summed E-state index contributed by atoms with van der Waals surface area (Å²) in [4.78, 5) is 0. The molecular formula is C34H37NO4. The number of benzene rings is 4. The van der Waals surface area contributed by atoms with Crippen molar-refractivity contribution in [1.82, 2.24) is 5.32 Å². The first-order chi connectivity index (χ1) is 19.2. The molecule has 0 saturated carbocycles. The molecule has 0 aliphatic rings. The molecular weight excluding hydrogens is 486 g/mol. The van der Waals surface area contributed by atoms with Crippen LogP contribution >= 0.6 is 0 Å². The van der Waals surface area contributed by atoms with Gasteiger partial charge in [-0.1, -0.05) is 97.1 Å². The molecule has 0 saturated heterocycles. The molecule has 0 aromatic heterocycles. The van der Waals surface area contributed by atoms with Crippen LogP contribution in [0.1, 0.15) is 36.1 Å². The quantitative estimate of drug-likeness (QED) is 0.146. The zero-order valence-corrected chi connectivity index (χ0v) is 22.7. The van der Waals surface area contributed by atoms with Gasteiger partial charge in [-0.3, -0.25) is 5.32 Å². The van der Waals surface area contributed by atoms with Gasteiger partial charge >= 0.3 is 0 Å². The normalized spacial score (nSPS) is 11.5. The first kappa shape index (κ1) is 28.0. The van der Waals surface area contributed by atoms with E-state index in [-0.39, 0.29) is 6.61 Å². The third-order valence-corrected chi connectivity index (χ3v) is 6.51. The Bertz CT molecular complexity index is 1180. The molecule has 0 spiro atoms. The highest BCUT2D eigenvalue weighted by atomic mass is 16.5. The van der Waals surface area contributed by atoms with Gasteiger partial charge in [-0.15, -0.1) is 0 Å². The van der Waals surface area contributed by atoms with E-state index < -0.39 is 5.54 Å². The summed E-state index contributed by atoms with van der Waals surface area (Å²) in [6.45, 7) is 5.76. The van der Waals surface area contributed by atoms with Crippen LogP contribution in [0.15, 0.2) is 115 Å². The smallest absolute Gasteiger partial charge is 0.131 e. The Labute approximate surface area is 231 Å². The van der Waals surface area contributed by atoms with Crippen molar-refractivity contribution in [2.45, 2.75) is 25.9 Å². The monoisotopic (exact) mass is 523 g/mol. The second-order valence-electron chi connectivity index (χ2n) is 8.93. The fourth-order valence-electron chi connectivity index (χ4n) is 4.80. The van der Waals surface area contributed by atoms with Gasteiger partial charge < -0.3 is 19.3 Å². The van der Waals surface area contributed by atoms with Crippen molar-refractivity contribution in [2.24, 2.45) is 0 Å². The van der Waals surface area contributed by atoms with Gasteiger partial charge in [0.25, 0.3) is 0 Å². The number of ether oxygens (including phenoxy) is 3. The van der Waals surface area contributed by atoms with Crippen LogP contribution < -0.4 is 19.5 Å². The summed E-state index contributed by atoms with van der Waals surface area (Å²) in [6, 6.07) is 35.4. The van der Waals surface area contributed by atoms with Gasteiger partial charge in [0.2, 0.25) is 0 Å². The predicted molar refractivity (Wildman–Crippen MR) is 157 cm³/mol. The fourth-order valence-corrected chi connectivity index (χ4v) is 4.80. The van der Waals surface area contributed by atoms with E-state index in [1.807, 2.05) is 44.2 Å². The second-order valence-corrected chi connectivity index (χ2v) is 8.93. The second kappa shape index (κ2) is 14.2. The molecule has 5 heteroatoms. The first-order valence-corrected chi connectivity index (χ1v) is 13.5. The lowest BCUT2D eigenvalue weighted by molar-refractivity contribution is 0.302. The Balaban J connectivity index is 1.81. The minimum absolute atomic E-state index is 0.0195. The summed E-state index contributed by atoms with van der Waals surface area (Å²) in [6.07, 6.45) is 3.44. The third-order valence-electron chi connectivity index (χ3n) is 6.51. The highest BCUT2D eigenvalue weighted by Crippen LogP contribution is 2.40. The van der Waals surface area contributed by atoms with Crippen LogP contribution in [0, 0.1) is 0 Å². The van der Waals surface area contributed by atoms with Crippen LogP contribution in [0.2, 0.25) is 0 Å². The van der Waals surface area contributed by atoms with Crippen LogP contribution in [0.3, 0.4) is 0 Å². The molecule has 0 aliphatic heterocycles. The molecule has 4 rings (SSSR count). The van der Waals surface area contributed by atoms with Gasteiger partial charge in [0.15, 0.2) is 0 Å². The molecule has 4 aromatic carbocycles. The van der Waals surface area contributed by atoms with E-state index in [0.717, 1.165) is 22.3 Å². The topological polar surface area (TPSA) is 60.0 Å². The molecule has 0 unspecified atom stereocenters. The SMILES string of the molecule is CCOc1cc(OC/C=C/CO)cc(OCC)c1CNC(c1ccccc1)(c1ccccc1)c1ccccc1. The Morgan fingerprint density at radius 1 is 0.667 bits per heavy atom. The molecule has 0 radical (unpaired) electrons. The van der Waals surface area contributed by atoms with Crippen LogP contribution in [-0.4, -0.2) is 31.5 Å². The summed E-state index contributed by atoms with van der Waals surface area (Å²) in [5.74, 6) is 2.06. The summed E-state index contributed by atoms with van der Waals surface area (Å²) in [5.41, 5.74) is 3.70. The number of aliphatic hydroxyl groups excluding tert-OH is 1. The zero-order chi connectivity index (χ0) is 27.3. The van der Waals surface area contributed by atoms with E-state index >= 15 is 0 Å². The molecule has 202 valence electrons. The van der Waals surface area contributed by atoms with Crippen molar-refractivity contribution in [3.63, 3.8) is 0 Å². The maximum Gasteiger partial charge on any atom is 0.131 e. The number of nitrogens with one attached hydrogen (secondary N) is 1. The Kier molecular flexibility index (Phi) is 10.2. The number of hydrogen-bond donors (Lipinski definition) is 2. The van der Waals surface area contributed by atoms with Crippen molar-refractivity contribution in [2.75, 3.05) is 26.4 Å². The van der Waals surface area contributed by atoms with Gasteiger partial charge in [0.05, 0.1) is 30.9 Å². The average Bonchev–Trinajstić information content (AvgIpc) is 2.99. The molecule has 39 heavy (non-hydrogen) atoms. The summed E-state index contributed by atoms with van der Waals surface area (Å²) >= 11 is 0. The summed E-state index contributed by atoms with van der Waals surface area (Å²) < 4.78 is 18.1. The highest BCUT2D eigenvalue weighted by Gasteiger charge is 2.36. The van der Waals surface area contributed by atoms with Crippen molar-refractivity contribution >= 4 is 0 Å². The molecule has 5 nitrogen and oxygen atoms in total. The van der Waals surface area contributed by atoms with E-state index in [1.165, 1.54) is 0 Å². The molecule has 4 aromatic rings. The van der Waals surface area contributed by atoms with E-state index in [4.69, 9.17) is 19.3 Å². The van der Waals surface area contributed by atoms with Crippen molar-refractivity contribution < 1.29 is 19.3 Å². The van der Waals surface area contributed by atoms with Crippen molar-refractivity contribution in [3.8, 4) is 17.2 Å². The minimum Gasteiger partial charge on any atom is -0.493 e. The molecule has 0 heterocycles. The fraction of sp³-hybridized carbons (Fsp3) is 0.235. The molecule has 0 fully saturated rings. The maximum atomic E-state index is 9.01. The van der Waals surface area contributed by atoms with Gasteiger partial charge in [-0.25, -0.2) is 0 Å². The third kappa shape index (κ3) is 6.69. The molecule has 0 aliphatic carbocycles. The Morgan fingerprint density at radius 2 is 1.13 bits per heavy atom. The van der Waals surface area contributed by atoms with Crippen molar-refractivity contribution in [3.05, 3.63) is 138 Å². The van der Waals surface area contributed by atoms with Crippen molar-refractivity contribution in [1.29, 1.82) is 0 Å². The van der Waals surface area contributed by atoms with Crippen LogP contribution in [-0.2, 0) is 12.1 Å². The molecule has 0 amide bonds.